The first-order chi connectivity index (χ1) is 14.5. The second-order valence-electron chi connectivity index (χ2n) is 8.88. The minimum Gasteiger partial charge on any atom is -0.387 e. The molecule has 0 saturated heterocycles. The molecule has 0 aromatic heterocycles. The first kappa shape index (κ1) is 27.8. The maximum absolute atomic E-state index is 10.4. The van der Waals surface area contributed by atoms with Crippen LogP contribution in [0, 0.1) is 0 Å². The smallest absolute Gasteiger partial charge is 0.115 e. The summed E-state index contributed by atoms with van der Waals surface area (Å²) >= 11 is 0. The molecule has 0 heterocycles. The van der Waals surface area contributed by atoms with Crippen LogP contribution in [0.25, 0.3) is 0 Å². The van der Waals surface area contributed by atoms with E-state index in [0.29, 0.717) is 13.2 Å². The normalized spacial score (nSPS) is 29.4. The van der Waals surface area contributed by atoms with E-state index in [-0.39, 0.29) is 0 Å². The Hall–Kier alpha value is -0.240. The SMILES string of the molecule is CCCCCCCCCOC1C(O)C(O)C(O)C(O)C1OCCCCCCCCC. The van der Waals surface area contributed by atoms with E-state index in [1.165, 1.54) is 64.2 Å². The predicted molar refractivity (Wildman–Crippen MR) is 119 cm³/mol. The molecule has 1 saturated carbocycles. The van der Waals surface area contributed by atoms with Crippen molar-refractivity contribution in [3.8, 4) is 0 Å². The summed E-state index contributed by atoms with van der Waals surface area (Å²) in [6.45, 7) is 5.30. The molecule has 0 spiro atoms. The van der Waals surface area contributed by atoms with Crippen LogP contribution in [0.1, 0.15) is 104 Å². The van der Waals surface area contributed by atoms with Crippen LogP contribution in [-0.4, -0.2) is 70.3 Å². The van der Waals surface area contributed by atoms with Gasteiger partial charge in [0.2, 0.25) is 0 Å². The maximum Gasteiger partial charge on any atom is 0.115 e. The fraction of sp³-hybridized carbons (Fsp3) is 1.00. The average molecular weight is 433 g/mol. The average Bonchev–Trinajstić information content (AvgIpc) is 2.75. The zero-order chi connectivity index (χ0) is 22.2. The van der Waals surface area contributed by atoms with E-state index < -0.39 is 36.6 Å². The van der Waals surface area contributed by atoms with Crippen molar-refractivity contribution in [1.29, 1.82) is 0 Å². The Balaban J connectivity index is 2.36. The third kappa shape index (κ3) is 10.4. The van der Waals surface area contributed by atoms with Crippen LogP contribution in [0.5, 0.6) is 0 Å². The Morgan fingerprint density at radius 1 is 0.433 bits per heavy atom. The van der Waals surface area contributed by atoms with Gasteiger partial charge in [0.15, 0.2) is 0 Å². The standard InChI is InChI=1S/C24H48O6/c1-3-5-7-9-11-13-15-17-29-23-21(27)19(25)20(26)22(28)24(23)30-18-16-14-12-10-8-6-4-2/h19-28H,3-18H2,1-2H3. The molecule has 0 amide bonds. The van der Waals surface area contributed by atoms with Crippen LogP contribution in [0.2, 0.25) is 0 Å². The van der Waals surface area contributed by atoms with Crippen LogP contribution in [0.15, 0.2) is 0 Å². The van der Waals surface area contributed by atoms with Gasteiger partial charge in [0, 0.05) is 13.2 Å². The Labute approximate surface area is 184 Å². The van der Waals surface area contributed by atoms with E-state index >= 15 is 0 Å². The molecule has 0 bridgehead atoms. The van der Waals surface area contributed by atoms with Crippen molar-refractivity contribution >= 4 is 0 Å². The van der Waals surface area contributed by atoms with Gasteiger partial charge in [-0.2, -0.15) is 0 Å². The molecule has 6 atom stereocenters. The van der Waals surface area contributed by atoms with Crippen LogP contribution < -0.4 is 0 Å². The van der Waals surface area contributed by atoms with Gasteiger partial charge < -0.3 is 29.9 Å². The molecule has 30 heavy (non-hydrogen) atoms. The van der Waals surface area contributed by atoms with Gasteiger partial charge in [-0.15, -0.1) is 0 Å². The summed E-state index contributed by atoms with van der Waals surface area (Å²) in [7, 11) is 0. The molecule has 0 aromatic rings. The molecule has 180 valence electrons. The van der Waals surface area contributed by atoms with E-state index in [1.54, 1.807) is 0 Å². The maximum atomic E-state index is 10.4. The van der Waals surface area contributed by atoms with Gasteiger partial charge in [-0.3, -0.25) is 0 Å². The quantitative estimate of drug-likeness (QED) is 0.246. The lowest BCUT2D eigenvalue weighted by Gasteiger charge is -2.43. The van der Waals surface area contributed by atoms with Gasteiger partial charge in [-0.05, 0) is 12.8 Å². The summed E-state index contributed by atoms with van der Waals surface area (Å²) in [6, 6.07) is 0. The number of aliphatic hydroxyl groups is 4. The summed E-state index contributed by atoms with van der Waals surface area (Å²) in [5.41, 5.74) is 0. The lowest BCUT2D eigenvalue weighted by atomic mass is 9.84. The fourth-order valence-corrected chi connectivity index (χ4v) is 4.13. The summed E-state index contributed by atoms with van der Waals surface area (Å²) in [4.78, 5) is 0. The van der Waals surface area contributed by atoms with Crippen LogP contribution >= 0.6 is 0 Å². The monoisotopic (exact) mass is 432 g/mol. The van der Waals surface area contributed by atoms with Crippen molar-refractivity contribution in [2.24, 2.45) is 0 Å². The van der Waals surface area contributed by atoms with Crippen molar-refractivity contribution < 1.29 is 29.9 Å². The zero-order valence-corrected chi connectivity index (χ0v) is 19.4. The van der Waals surface area contributed by atoms with Gasteiger partial charge in [0.1, 0.15) is 36.6 Å². The van der Waals surface area contributed by atoms with Crippen molar-refractivity contribution in [3.63, 3.8) is 0 Å². The third-order valence-corrected chi connectivity index (χ3v) is 6.16. The molecule has 6 heteroatoms. The number of ether oxygens (including phenoxy) is 2. The molecular formula is C24H48O6. The van der Waals surface area contributed by atoms with Crippen LogP contribution in [-0.2, 0) is 9.47 Å². The summed E-state index contributed by atoms with van der Waals surface area (Å²) in [5.74, 6) is 0. The molecule has 0 radical (unpaired) electrons. The van der Waals surface area contributed by atoms with Crippen molar-refractivity contribution in [2.75, 3.05) is 13.2 Å². The second-order valence-corrected chi connectivity index (χ2v) is 8.88. The van der Waals surface area contributed by atoms with Gasteiger partial charge in [0.05, 0.1) is 0 Å². The molecule has 0 aromatic carbocycles. The number of aliphatic hydroxyl groups excluding tert-OH is 4. The van der Waals surface area contributed by atoms with E-state index in [9.17, 15) is 20.4 Å². The molecule has 6 nitrogen and oxygen atoms in total. The number of hydrogen-bond donors (Lipinski definition) is 4. The highest BCUT2D eigenvalue weighted by Gasteiger charge is 2.50. The molecule has 1 aliphatic rings. The molecule has 1 fully saturated rings. The van der Waals surface area contributed by atoms with Crippen LogP contribution in [0.4, 0.5) is 0 Å². The Bertz CT molecular complexity index is 358. The lowest BCUT2D eigenvalue weighted by Crippen LogP contribution is -2.65. The lowest BCUT2D eigenvalue weighted by molar-refractivity contribution is -0.246. The summed E-state index contributed by atoms with van der Waals surface area (Å²) in [5, 5.41) is 40.9. The highest BCUT2D eigenvalue weighted by molar-refractivity contribution is 5.00. The topological polar surface area (TPSA) is 99.4 Å². The van der Waals surface area contributed by atoms with Crippen LogP contribution in [0.3, 0.4) is 0 Å². The Kier molecular flexibility index (Phi) is 16.1. The minimum absolute atomic E-state index is 0.447. The van der Waals surface area contributed by atoms with E-state index in [1.807, 2.05) is 0 Å². The first-order valence-corrected chi connectivity index (χ1v) is 12.5. The molecule has 1 aliphatic carbocycles. The number of unbranched alkanes of at least 4 members (excludes halogenated alkanes) is 12. The van der Waals surface area contributed by atoms with Crippen molar-refractivity contribution in [1.82, 2.24) is 0 Å². The van der Waals surface area contributed by atoms with E-state index in [0.717, 1.165) is 25.7 Å². The summed E-state index contributed by atoms with van der Waals surface area (Å²) < 4.78 is 11.7. The van der Waals surface area contributed by atoms with Gasteiger partial charge in [0.25, 0.3) is 0 Å². The molecule has 1 rings (SSSR count). The summed E-state index contributed by atoms with van der Waals surface area (Å²) in [6.07, 6.45) is 9.14. The van der Waals surface area contributed by atoms with Gasteiger partial charge >= 0.3 is 0 Å². The second kappa shape index (κ2) is 17.3. The Morgan fingerprint density at radius 3 is 1.07 bits per heavy atom. The predicted octanol–water partition coefficient (Wildman–Crippen LogP) is 3.72. The van der Waals surface area contributed by atoms with Gasteiger partial charge in [-0.1, -0.05) is 90.9 Å². The number of rotatable bonds is 18. The first-order valence-electron chi connectivity index (χ1n) is 12.5. The minimum atomic E-state index is -1.43. The molecular weight excluding hydrogens is 384 g/mol. The highest BCUT2D eigenvalue weighted by Crippen LogP contribution is 2.27. The fourth-order valence-electron chi connectivity index (χ4n) is 4.13. The molecule has 6 unspecified atom stereocenters. The zero-order valence-electron chi connectivity index (χ0n) is 19.4. The molecule has 0 aliphatic heterocycles. The van der Waals surface area contributed by atoms with Gasteiger partial charge in [-0.25, -0.2) is 0 Å². The molecule has 4 N–H and O–H groups in total. The Morgan fingerprint density at radius 2 is 0.733 bits per heavy atom. The highest BCUT2D eigenvalue weighted by atomic mass is 16.6. The largest absolute Gasteiger partial charge is 0.387 e. The number of hydrogen-bond acceptors (Lipinski definition) is 6. The van der Waals surface area contributed by atoms with E-state index in [4.69, 9.17) is 9.47 Å². The van der Waals surface area contributed by atoms with Crippen molar-refractivity contribution in [3.05, 3.63) is 0 Å². The third-order valence-electron chi connectivity index (χ3n) is 6.16. The van der Waals surface area contributed by atoms with E-state index in [2.05, 4.69) is 13.8 Å². The van der Waals surface area contributed by atoms with Crippen molar-refractivity contribution in [2.45, 2.75) is 140 Å².